The summed E-state index contributed by atoms with van der Waals surface area (Å²) < 4.78 is 0. The monoisotopic (exact) mass is 366 g/mol. The molecular formula is C23H30N2O2. The second kappa shape index (κ2) is 8.85. The molecule has 4 heteroatoms. The van der Waals surface area contributed by atoms with Crippen molar-refractivity contribution >= 4 is 17.5 Å². The molecular weight excluding hydrogens is 336 g/mol. The Labute approximate surface area is 162 Å². The van der Waals surface area contributed by atoms with Crippen LogP contribution in [0.25, 0.3) is 0 Å². The van der Waals surface area contributed by atoms with Gasteiger partial charge in [0.15, 0.2) is 0 Å². The number of carbonyl (C=O) groups excluding carboxylic acids is 2. The number of nitrogens with zero attached hydrogens (tertiary/aromatic N) is 1. The second-order valence-electron chi connectivity index (χ2n) is 8.05. The van der Waals surface area contributed by atoms with Gasteiger partial charge in [-0.1, -0.05) is 62.7 Å². The highest BCUT2D eigenvalue weighted by Crippen LogP contribution is 2.23. The zero-order valence-electron chi connectivity index (χ0n) is 17.0. The molecule has 0 aliphatic carbocycles. The molecule has 0 unspecified atom stereocenters. The average Bonchev–Trinajstić information content (AvgIpc) is 2.59. The molecule has 0 atom stereocenters. The minimum absolute atomic E-state index is 0.0297. The summed E-state index contributed by atoms with van der Waals surface area (Å²) in [7, 11) is 0. The standard InChI is InChI=1S/C23H30N2O2/c1-17-6-8-19(9-7-17)16-25(18(2)26)15-14-22(27)24-21-12-10-20(11-13-21)23(3,4)5/h6-13H,14-16H2,1-5H3,(H,24,27). The predicted octanol–water partition coefficient (Wildman–Crippen LogP) is 4.67. The molecule has 4 nitrogen and oxygen atoms in total. The van der Waals surface area contributed by atoms with Gasteiger partial charge < -0.3 is 10.2 Å². The first-order chi connectivity index (χ1) is 12.6. The van der Waals surface area contributed by atoms with Crippen molar-refractivity contribution in [1.82, 2.24) is 4.90 Å². The van der Waals surface area contributed by atoms with E-state index in [4.69, 9.17) is 0 Å². The molecule has 0 aliphatic heterocycles. The van der Waals surface area contributed by atoms with Crippen molar-refractivity contribution in [3.8, 4) is 0 Å². The molecule has 144 valence electrons. The van der Waals surface area contributed by atoms with Crippen molar-refractivity contribution < 1.29 is 9.59 Å². The van der Waals surface area contributed by atoms with Crippen LogP contribution in [0.4, 0.5) is 5.69 Å². The SMILES string of the molecule is CC(=O)N(CCC(=O)Nc1ccc(C(C)(C)C)cc1)Cc1ccc(C)cc1. The number of benzene rings is 2. The van der Waals surface area contributed by atoms with E-state index in [0.29, 0.717) is 13.1 Å². The van der Waals surface area contributed by atoms with Crippen LogP contribution >= 0.6 is 0 Å². The Balaban J connectivity index is 1.90. The number of carbonyl (C=O) groups is 2. The van der Waals surface area contributed by atoms with Crippen LogP contribution in [-0.4, -0.2) is 23.3 Å². The van der Waals surface area contributed by atoms with E-state index in [-0.39, 0.29) is 23.7 Å². The Morgan fingerprint density at radius 2 is 1.56 bits per heavy atom. The smallest absolute Gasteiger partial charge is 0.226 e. The molecule has 0 spiro atoms. The number of anilines is 1. The first kappa shape index (κ1) is 20.7. The molecule has 0 saturated carbocycles. The van der Waals surface area contributed by atoms with Crippen molar-refractivity contribution in [2.45, 2.75) is 53.0 Å². The van der Waals surface area contributed by atoms with Gasteiger partial charge in [-0.3, -0.25) is 9.59 Å². The molecule has 2 amide bonds. The van der Waals surface area contributed by atoms with E-state index in [1.807, 2.05) is 55.5 Å². The molecule has 0 radical (unpaired) electrons. The number of nitrogens with one attached hydrogen (secondary N) is 1. The van der Waals surface area contributed by atoms with E-state index in [1.54, 1.807) is 4.90 Å². The third-order valence-corrected chi connectivity index (χ3v) is 4.58. The van der Waals surface area contributed by atoms with Crippen LogP contribution in [0.3, 0.4) is 0 Å². The van der Waals surface area contributed by atoms with Crippen molar-refractivity contribution in [2.24, 2.45) is 0 Å². The quantitative estimate of drug-likeness (QED) is 0.808. The molecule has 2 aromatic rings. The molecule has 0 heterocycles. The average molecular weight is 367 g/mol. The zero-order valence-corrected chi connectivity index (χ0v) is 17.0. The highest BCUT2D eigenvalue weighted by Gasteiger charge is 2.14. The van der Waals surface area contributed by atoms with Crippen LogP contribution in [0.1, 0.15) is 50.8 Å². The topological polar surface area (TPSA) is 49.4 Å². The van der Waals surface area contributed by atoms with E-state index in [1.165, 1.54) is 18.1 Å². The lowest BCUT2D eigenvalue weighted by molar-refractivity contribution is -0.129. The van der Waals surface area contributed by atoms with E-state index >= 15 is 0 Å². The van der Waals surface area contributed by atoms with Gasteiger partial charge in [-0.15, -0.1) is 0 Å². The summed E-state index contributed by atoms with van der Waals surface area (Å²) in [4.78, 5) is 25.9. The van der Waals surface area contributed by atoms with Gasteiger partial charge in [-0.05, 0) is 35.6 Å². The molecule has 0 bridgehead atoms. The normalized spacial score (nSPS) is 11.1. The highest BCUT2D eigenvalue weighted by molar-refractivity contribution is 5.91. The van der Waals surface area contributed by atoms with Crippen LogP contribution in [0.15, 0.2) is 48.5 Å². The Kier molecular flexibility index (Phi) is 6.78. The van der Waals surface area contributed by atoms with Crippen LogP contribution < -0.4 is 5.32 Å². The lowest BCUT2D eigenvalue weighted by atomic mass is 9.87. The lowest BCUT2D eigenvalue weighted by Crippen LogP contribution is -2.31. The summed E-state index contributed by atoms with van der Waals surface area (Å²) in [5.74, 6) is -0.119. The summed E-state index contributed by atoms with van der Waals surface area (Å²) in [5, 5.41) is 2.91. The van der Waals surface area contributed by atoms with Crippen molar-refractivity contribution in [3.05, 3.63) is 65.2 Å². The maximum atomic E-state index is 12.3. The first-order valence-corrected chi connectivity index (χ1v) is 9.36. The van der Waals surface area contributed by atoms with E-state index in [2.05, 4.69) is 26.1 Å². The number of aryl methyl sites for hydroxylation is 1. The van der Waals surface area contributed by atoms with Gasteiger partial charge in [-0.2, -0.15) is 0 Å². The van der Waals surface area contributed by atoms with Gasteiger partial charge in [0.25, 0.3) is 0 Å². The van der Waals surface area contributed by atoms with Crippen LogP contribution in [0, 0.1) is 6.92 Å². The number of hydrogen-bond donors (Lipinski definition) is 1. The lowest BCUT2D eigenvalue weighted by Gasteiger charge is -2.21. The Morgan fingerprint density at radius 3 is 2.07 bits per heavy atom. The van der Waals surface area contributed by atoms with Crippen molar-refractivity contribution in [3.63, 3.8) is 0 Å². The largest absolute Gasteiger partial charge is 0.338 e. The summed E-state index contributed by atoms with van der Waals surface area (Å²) in [6, 6.07) is 16.0. The summed E-state index contributed by atoms with van der Waals surface area (Å²) in [6.07, 6.45) is 0.270. The maximum absolute atomic E-state index is 12.3. The van der Waals surface area contributed by atoms with E-state index in [0.717, 1.165) is 11.3 Å². The second-order valence-corrected chi connectivity index (χ2v) is 8.05. The molecule has 27 heavy (non-hydrogen) atoms. The Morgan fingerprint density at radius 1 is 0.963 bits per heavy atom. The van der Waals surface area contributed by atoms with Gasteiger partial charge in [0.2, 0.25) is 11.8 Å². The highest BCUT2D eigenvalue weighted by atomic mass is 16.2. The number of hydrogen-bond acceptors (Lipinski definition) is 2. The molecule has 0 aliphatic rings. The molecule has 2 rings (SSSR count). The summed E-state index contributed by atoms with van der Waals surface area (Å²) in [6.45, 7) is 11.0. The minimum atomic E-state index is -0.0892. The van der Waals surface area contributed by atoms with Crippen LogP contribution in [0.5, 0.6) is 0 Å². The fourth-order valence-electron chi connectivity index (χ4n) is 2.78. The van der Waals surface area contributed by atoms with Crippen LogP contribution in [-0.2, 0) is 21.5 Å². The van der Waals surface area contributed by atoms with Gasteiger partial charge >= 0.3 is 0 Å². The molecule has 2 aromatic carbocycles. The molecule has 0 aromatic heterocycles. The third-order valence-electron chi connectivity index (χ3n) is 4.58. The predicted molar refractivity (Wildman–Crippen MR) is 111 cm³/mol. The van der Waals surface area contributed by atoms with Crippen molar-refractivity contribution in [2.75, 3.05) is 11.9 Å². The van der Waals surface area contributed by atoms with Gasteiger partial charge in [0.05, 0.1) is 0 Å². The zero-order chi connectivity index (χ0) is 20.0. The fourth-order valence-corrected chi connectivity index (χ4v) is 2.78. The Hall–Kier alpha value is -2.62. The van der Waals surface area contributed by atoms with Crippen LogP contribution in [0.2, 0.25) is 0 Å². The minimum Gasteiger partial charge on any atom is -0.338 e. The third kappa shape index (κ3) is 6.55. The summed E-state index contributed by atoms with van der Waals surface area (Å²) in [5.41, 5.74) is 4.33. The summed E-state index contributed by atoms with van der Waals surface area (Å²) >= 11 is 0. The Bertz CT molecular complexity index is 772. The molecule has 0 saturated heterocycles. The molecule has 0 fully saturated rings. The van der Waals surface area contributed by atoms with Gasteiger partial charge in [0.1, 0.15) is 0 Å². The number of amides is 2. The number of rotatable bonds is 6. The maximum Gasteiger partial charge on any atom is 0.226 e. The molecule has 1 N–H and O–H groups in total. The van der Waals surface area contributed by atoms with E-state index < -0.39 is 0 Å². The fraction of sp³-hybridized carbons (Fsp3) is 0.391. The van der Waals surface area contributed by atoms with E-state index in [9.17, 15) is 9.59 Å². The van der Waals surface area contributed by atoms with Gasteiger partial charge in [0, 0.05) is 32.1 Å². The van der Waals surface area contributed by atoms with Crippen molar-refractivity contribution in [1.29, 1.82) is 0 Å². The van der Waals surface area contributed by atoms with Gasteiger partial charge in [-0.25, -0.2) is 0 Å². The first-order valence-electron chi connectivity index (χ1n) is 9.36.